The minimum absolute atomic E-state index is 0. The number of pyridine rings is 2. The molecule has 3 heteroatoms. The van der Waals surface area contributed by atoms with Crippen LogP contribution in [0.1, 0.15) is 0 Å². The van der Waals surface area contributed by atoms with Crippen molar-refractivity contribution in [3.63, 3.8) is 0 Å². The van der Waals surface area contributed by atoms with Gasteiger partial charge in [-0.2, -0.15) is 48.5 Å². The number of hydrogen-bond acceptors (Lipinski definition) is 2. The zero-order valence-electron chi connectivity index (χ0n) is 11.2. The van der Waals surface area contributed by atoms with Crippen molar-refractivity contribution in [1.82, 2.24) is 9.97 Å². The number of nitrogens with zero attached hydrogens (tertiary/aromatic N) is 2. The largest absolute Gasteiger partial charge is 2.00 e. The molecule has 2 nitrogen and oxygen atoms in total. The molecule has 4 rings (SSSR count). The summed E-state index contributed by atoms with van der Waals surface area (Å²) in [5, 5.41) is 2.29. The van der Waals surface area contributed by atoms with Crippen LogP contribution >= 0.6 is 0 Å². The molecule has 4 aromatic rings. The van der Waals surface area contributed by atoms with Gasteiger partial charge in [0.15, 0.2) is 0 Å². The zero-order valence-corrected chi connectivity index (χ0v) is 12.9. The van der Waals surface area contributed by atoms with Crippen LogP contribution in [0.15, 0.2) is 73.1 Å². The van der Waals surface area contributed by atoms with Crippen molar-refractivity contribution in [2.45, 2.75) is 0 Å². The number of para-hydroxylation sites is 2. The Morgan fingerprint density at radius 1 is 0.619 bits per heavy atom. The van der Waals surface area contributed by atoms with Crippen LogP contribution in [0.25, 0.3) is 21.8 Å². The van der Waals surface area contributed by atoms with E-state index in [0.29, 0.717) is 0 Å². The van der Waals surface area contributed by atoms with Crippen molar-refractivity contribution in [2.75, 3.05) is 0 Å². The van der Waals surface area contributed by atoms with Gasteiger partial charge in [0.05, 0.1) is 0 Å². The third kappa shape index (κ3) is 3.93. The van der Waals surface area contributed by atoms with Crippen LogP contribution in [0.3, 0.4) is 0 Å². The quantitative estimate of drug-likeness (QED) is 0.350. The van der Waals surface area contributed by atoms with Crippen LogP contribution in [-0.4, -0.2) is 9.97 Å². The molecule has 2 aromatic heterocycles. The van der Waals surface area contributed by atoms with Crippen molar-refractivity contribution in [1.29, 1.82) is 0 Å². The van der Waals surface area contributed by atoms with Crippen molar-refractivity contribution in [3.05, 3.63) is 85.2 Å². The van der Waals surface area contributed by atoms with E-state index in [1.54, 1.807) is 12.4 Å². The first-order valence-electron chi connectivity index (χ1n) is 6.36. The van der Waals surface area contributed by atoms with E-state index < -0.39 is 0 Å². The molecule has 0 unspecified atom stereocenters. The maximum Gasteiger partial charge on any atom is 2.00 e. The molecule has 0 fully saturated rings. The van der Waals surface area contributed by atoms with Gasteiger partial charge in [0, 0.05) is 12.4 Å². The predicted molar refractivity (Wildman–Crippen MR) is 81.2 cm³/mol. The molecular weight excluding hydrogens is 345 g/mol. The molecule has 0 aliphatic carbocycles. The molecule has 0 saturated heterocycles. The summed E-state index contributed by atoms with van der Waals surface area (Å²) in [6, 6.07) is 25.7. The molecule has 0 N–H and O–H groups in total. The summed E-state index contributed by atoms with van der Waals surface area (Å²) in [6.07, 6.45) is 3.55. The average molecular weight is 357 g/mol. The Morgan fingerprint density at radius 3 is 1.48 bits per heavy atom. The van der Waals surface area contributed by atoms with Crippen LogP contribution < -0.4 is 0 Å². The summed E-state index contributed by atoms with van der Waals surface area (Å²) in [7, 11) is 0. The molecule has 102 valence electrons. The van der Waals surface area contributed by atoms with Gasteiger partial charge in [-0.15, -0.1) is 22.9 Å². The summed E-state index contributed by atoms with van der Waals surface area (Å²) < 4.78 is 0. The van der Waals surface area contributed by atoms with Crippen LogP contribution in [0.5, 0.6) is 0 Å². The first-order valence-corrected chi connectivity index (χ1v) is 6.36. The number of aromatic nitrogens is 2. The molecular formula is C18H12N2Ru. The second kappa shape index (κ2) is 7.61. The van der Waals surface area contributed by atoms with Crippen LogP contribution in [-0.2, 0) is 19.5 Å². The van der Waals surface area contributed by atoms with E-state index in [-0.39, 0.29) is 19.5 Å². The second-order valence-corrected chi connectivity index (χ2v) is 4.22. The van der Waals surface area contributed by atoms with Crippen molar-refractivity contribution in [3.8, 4) is 0 Å². The normalized spacial score (nSPS) is 9.52. The predicted octanol–water partition coefficient (Wildman–Crippen LogP) is 4.07. The molecule has 2 heterocycles. The fraction of sp³-hybridized carbons (Fsp3) is 0. The van der Waals surface area contributed by atoms with E-state index in [0.717, 1.165) is 21.8 Å². The molecule has 0 amide bonds. The van der Waals surface area contributed by atoms with Gasteiger partial charge in [0.1, 0.15) is 0 Å². The van der Waals surface area contributed by atoms with E-state index in [9.17, 15) is 0 Å². The van der Waals surface area contributed by atoms with Crippen molar-refractivity contribution >= 4 is 21.8 Å². The number of rotatable bonds is 0. The number of benzene rings is 2. The van der Waals surface area contributed by atoms with E-state index in [1.807, 2.05) is 60.7 Å². The van der Waals surface area contributed by atoms with Gasteiger partial charge in [-0.05, 0) is 11.0 Å². The van der Waals surface area contributed by atoms with E-state index in [4.69, 9.17) is 0 Å². The average Bonchev–Trinajstić information content (AvgIpc) is 2.56. The molecule has 0 bridgehead atoms. The topological polar surface area (TPSA) is 25.8 Å². The standard InChI is InChI=1S/2C9H6N.Ru/c2*1-2-6-9-8(4-1)5-3-7-10-9;/h2*1-5,7H;/q2*-1;+2. The van der Waals surface area contributed by atoms with E-state index in [2.05, 4.69) is 22.1 Å². The van der Waals surface area contributed by atoms with Gasteiger partial charge >= 0.3 is 19.5 Å². The molecule has 0 aliphatic rings. The summed E-state index contributed by atoms with van der Waals surface area (Å²) >= 11 is 0. The Balaban J connectivity index is 0.000000147. The second-order valence-electron chi connectivity index (χ2n) is 4.22. The van der Waals surface area contributed by atoms with E-state index >= 15 is 0 Å². The van der Waals surface area contributed by atoms with E-state index in [1.165, 1.54) is 0 Å². The zero-order chi connectivity index (χ0) is 13.6. The first-order chi connectivity index (χ1) is 9.93. The van der Waals surface area contributed by atoms with Gasteiger partial charge in [0.25, 0.3) is 0 Å². The number of hydrogen-bond donors (Lipinski definition) is 0. The van der Waals surface area contributed by atoms with Gasteiger partial charge in [-0.3, -0.25) is 9.97 Å². The Morgan fingerprint density at radius 2 is 1.05 bits per heavy atom. The molecule has 0 atom stereocenters. The first kappa shape index (κ1) is 15.3. The third-order valence-electron chi connectivity index (χ3n) is 2.86. The summed E-state index contributed by atoms with van der Waals surface area (Å²) in [5.41, 5.74) is 1.87. The summed E-state index contributed by atoms with van der Waals surface area (Å²) in [5.74, 6) is 0. The molecule has 21 heavy (non-hydrogen) atoms. The smallest absolute Gasteiger partial charge is 0.283 e. The SMILES string of the molecule is [Ru+2].[c-]1cccc2cccnc12.[c-]1cccc2cccnc12. The Kier molecular flexibility index (Phi) is 5.53. The molecule has 0 aliphatic heterocycles. The van der Waals surface area contributed by atoms with Gasteiger partial charge in [0.2, 0.25) is 0 Å². The monoisotopic (exact) mass is 358 g/mol. The van der Waals surface area contributed by atoms with Crippen molar-refractivity contribution < 1.29 is 19.5 Å². The van der Waals surface area contributed by atoms with Crippen LogP contribution in [0.4, 0.5) is 0 Å². The maximum absolute atomic E-state index is 4.13. The fourth-order valence-electron chi connectivity index (χ4n) is 1.90. The fourth-order valence-corrected chi connectivity index (χ4v) is 1.90. The maximum atomic E-state index is 4.13. The van der Waals surface area contributed by atoms with Crippen molar-refractivity contribution in [2.24, 2.45) is 0 Å². The van der Waals surface area contributed by atoms with Crippen LogP contribution in [0, 0.1) is 12.1 Å². The Hall–Kier alpha value is -2.12. The Bertz CT molecular complexity index is 628. The molecule has 2 aromatic carbocycles. The molecule has 0 spiro atoms. The Labute approximate surface area is 136 Å². The van der Waals surface area contributed by atoms with Gasteiger partial charge in [-0.1, -0.05) is 12.1 Å². The van der Waals surface area contributed by atoms with Gasteiger partial charge < -0.3 is 0 Å². The van der Waals surface area contributed by atoms with Gasteiger partial charge in [-0.25, -0.2) is 0 Å². The minimum Gasteiger partial charge on any atom is -0.283 e. The molecule has 0 radical (unpaired) electrons. The molecule has 0 saturated carbocycles. The third-order valence-corrected chi connectivity index (χ3v) is 2.86. The number of fused-ring (bicyclic) bond motifs is 2. The summed E-state index contributed by atoms with van der Waals surface area (Å²) in [4.78, 5) is 8.25. The minimum atomic E-state index is 0. The van der Waals surface area contributed by atoms with Crippen LogP contribution in [0.2, 0.25) is 0 Å². The summed E-state index contributed by atoms with van der Waals surface area (Å²) in [6.45, 7) is 0.